The standard InChI is InChI=1S/C12H20N4OS/c1-2-18-5-3-4-13-6-9-7-14-11-10(9)15-8-16-12(11)17/h8-9,13-14H,2-7H2,1H3,(H,15,16,17). The molecule has 2 heterocycles. The number of anilines is 1. The van der Waals surface area contributed by atoms with Crippen molar-refractivity contribution in [2.45, 2.75) is 19.3 Å². The summed E-state index contributed by atoms with van der Waals surface area (Å²) in [5, 5.41) is 6.57. The van der Waals surface area contributed by atoms with Gasteiger partial charge in [-0.05, 0) is 24.5 Å². The predicted molar refractivity (Wildman–Crippen MR) is 76.6 cm³/mol. The van der Waals surface area contributed by atoms with Crippen LogP contribution >= 0.6 is 11.8 Å². The second kappa shape index (κ2) is 6.80. The Morgan fingerprint density at radius 2 is 2.50 bits per heavy atom. The number of hydrogen-bond acceptors (Lipinski definition) is 5. The lowest BCUT2D eigenvalue weighted by Crippen LogP contribution is -2.24. The van der Waals surface area contributed by atoms with Crippen molar-refractivity contribution in [3.8, 4) is 0 Å². The molecule has 0 saturated carbocycles. The van der Waals surface area contributed by atoms with Crippen LogP contribution in [0.3, 0.4) is 0 Å². The van der Waals surface area contributed by atoms with Gasteiger partial charge in [-0.15, -0.1) is 0 Å². The second-order valence-electron chi connectivity index (χ2n) is 4.32. The molecule has 5 nitrogen and oxygen atoms in total. The molecule has 1 atom stereocenters. The fraction of sp³-hybridized carbons (Fsp3) is 0.667. The Bertz CT molecular complexity index is 434. The molecule has 100 valence electrons. The first kappa shape index (κ1) is 13.4. The minimum Gasteiger partial charge on any atom is -0.378 e. The largest absolute Gasteiger partial charge is 0.378 e. The molecule has 1 aromatic heterocycles. The monoisotopic (exact) mass is 268 g/mol. The maximum Gasteiger partial charge on any atom is 0.274 e. The summed E-state index contributed by atoms with van der Waals surface area (Å²) < 4.78 is 0. The number of nitrogens with zero attached hydrogens (tertiary/aromatic N) is 1. The summed E-state index contributed by atoms with van der Waals surface area (Å²) in [4.78, 5) is 18.4. The van der Waals surface area contributed by atoms with Gasteiger partial charge in [-0.3, -0.25) is 4.79 Å². The number of aromatic nitrogens is 2. The van der Waals surface area contributed by atoms with Crippen LogP contribution in [0.25, 0.3) is 0 Å². The lowest BCUT2D eigenvalue weighted by atomic mass is 10.1. The smallest absolute Gasteiger partial charge is 0.274 e. The Morgan fingerprint density at radius 1 is 1.61 bits per heavy atom. The zero-order valence-electron chi connectivity index (χ0n) is 10.7. The number of thioether (sulfide) groups is 1. The minimum atomic E-state index is -0.0677. The molecule has 3 N–H and O–H groups in total. The van der Waals surface area contributed by atoms with Gasteiger partial charge in [0.2, 0.25) is 0 Å². The lowest BCUT2D eigenvalue weighted by Gasteiger charge is -2.10. The molecule has 0 fully saturated rings. The summed E-state index contributed by atoms with van der Waals surface area (Å²) in [6.45, 7) is 4.89. The van der Waals surface area contributed by atoms with E-state index in [0.717, 1.165) is 25.3 Å². The maximum absolute atomic E-state index is 11.5. The van der Waals surface area contributed by atoms with Gasteiger partial charge in [0.1, 0.15) is 5.69 Å². The fourth-order valence-corrected chi connectivity index (χ4v) is 2.74. The van der Waals surface area contributed by atoms with E-state index in [2.05, 4.69) is 27.5 Å². The van der Waals surface area contributed by atoms with E-state index in [-0.39, 0.29) is 5.56 Å². The van der Waals surface area contributed by atoms with Crippen molar-refractivity contribution in [3.05, 3.63) is 22.4 Å². The van der Waals surface area contributed by atoms with Gasteiger partial charge in [0.25, 0.3) is 5.56 Å². The number of hydrogen-bond donors (Lipinski definition) is 3. The van der Waals surface area contributed by atoms with Gasteiger partial charge in [-0.25, -0.2) is 4.98 Å². The van der Waals surface area contributed by atoms with E-state index in [1.54, 1.807) is 0 Å². The Balaban J connectivity index is 1.76. The molecule has 1 aliphatic heterocycles. The van der Waals surface area contributed by atoms with Crippen molar-refractivity contribution in [2.75, 3.05) is 36.5 Å². The van der Waals surface area contributed by atoms with Gasteiger partial charge in [0, 0.05) is 19.0 Å². The van der Waals surface area contributed by atoms with E-state index in [1.807, 2.05) is 11.8 Å². The molecule has 18 heavy (non-hydrogen) atoms. The van der Waals surface area contributed by atoms with Crippen LogP contribution in [-0.2, 0) is 0 Å². The highest BCUT2D eigenvalue weighted by Crippen LogP contribution is 2.24. The molecule has 0 aliphatic carbocycles. The zero-order valence-corrected chi connectivity index (χ0v) is 11.5. The lowest BCUT2D eigenvalue weighted by molar-refractivity contribution is 0.600. The first-order chi connectivity index (χ1) is 8.83. The van der Waals surface area contributed by atoms with E-state index in [1.165, 1.54) is 24.3 Å². The van der Waals surface area contributed by atoms with E-state index < -0.39 is 0 Å². The summed E-state index contributed by atoms with van der Waals surface area (Å²) in [6, 6.07) is 0. The van der Waals surface area contributed by atoms with Gasteiger partial charge >= 0.3 is 0 Å². The molecule has 2 rings (SSSR count). The van der Waals surface area contributed by atoms with Crippen LogP contribution in [0.2, 0.25) is 0 Å². The molecule has 1 aliphatic rings. The minimum absolute atomic E-state index is 0.0677. The Kier molecular flexibility index (Phi) is 5.07. The number of aromatic amines is 1. The molecule has 0 saturated heterocycles. The molecule has 0 bridgehead atoms. The Morgan fingerprint density at radius 3 is 3.33 bits per heavy atom. The summed E-state index contributed by atoms with van der Waals surface area (Å²) in [6.07, 6.45) is 2.67. The van der Waals surface area contributed by atoms with E-state index >= 15 is 0 Å². The second-order valence-corrected chi connectivity index (χ2v) is 5.72. The quantitative estimate of drug-likeness (QED) is 0.644. The highest BCUT2D eigenvalue weighted by atomic mass is 32.2. The normalized spacial score (nSPS) is 17.5. The van der Waals surface area contributed by atoms with Crippen LogP contribution in [0.4, 0.5) is 5.69 Å². The number of rotatable bonds is 7. The van der Waals surface area contributed by atoms with Crippen molar-refractivity contribution in [1.29, 1.82) is 0 Å². The van der Waals surface area contributed by atoms with Crippen LogP contribution in [0.1, 0.15) is 25.0 Å². The Hall–Kier alpha value is -1.01. The average Bonchev–Trinajstić information content (AvgIpc) is 2.79. The van der Waals surface area contributed by atoms with Crippen molar-refractivity contribution in [3.63, 3.8) is 0 Å². The van der Waals surface area contributed by atoms with Gasteiger partial charge in [-0.2, -0.15) is 11.8 Å². The van der Waals surface area contributed by atoms with Gasteiger partial charge < -0.3 is 15.6 Å². The first-order valence-electron chi connectivity index (χ1n) is 6.42. The van der Waals surface area contributed by atoms with Crippen LogP contribution in [0, 0.1) is 0 Å². The summed E-state index contributed by atoms with van der Waals surface area (Å²) >= 11 is 1.97. The van der Waals surface area contributed by atoms with Crippen LogP contribution < -0.4 is 16.2 Å². The summed E-state index contributed by atoms with van der Waals surface area (Å²) in [5.41, 5.74) is 1.47. The molecule has 0 aromatic carbocycles. The highest BCUT2D eigenvalue weighted by molar-refractivity contribution is 7.99. The third-order valence-corrected chi connectivity index (χ3v) is 4.02. The van der Waals surface area contributed by atoms with Crippen molar-refractivity contribution >= 4 is 17.4 Å². The molecular formula is C12H20N4OS. The van der Waals surface area contributed by atoms with Crippen LogP contribution in [0.15, 0.2) is 11.1 Å². The molecule has 1 aromatic rings. The number of H-pyrrole nitrogens is 1. The third kappa shape index (κ3) is 3.26. The maximum atomic E-state index is 11.5. The SMILES string of the molecule is CCSCCCNCC1CNc2c1nc[nH]c2=O. The third-order valence-electron chi connectivity index (χ3n) is 3.03. The molecular weight excluding hydrogens is 248 g/mol. The Labute approximate surface area is 111 Å². The van der Waals surface area contributed by atoms with Gasteiger partial charge in [0.05, 0.1) is 12.0 Å². The molecule has 0 amide bonds. The topological polar surface area (TPSA) is 69.8 Å². The molecule has 0 spiro atoms. The van der Waals surface area contributed by atoms with Crippen molar-refractivity contribution in [1.82, 2.24) is 15.3 Å². The molecule has 1 unspecified atom stereocenters. The zero-order chi connectivity index (χ0) is 12.8. The van der Waals surface area contributed by atoms with Crippen molar-refractivity contribution < 1.29 is 0 Å². The van der Waals surface area contributed by atoms with Crippen LogP contribution in [0.5, 0.6) is 0 Å². The van der Waals surface area contributed by atoms with Crippen LogP contribution in [-0.4, -0.2) is 41.1 Å². The van der Waals surface area contributed by atoms with Gasteiger partial charge in [-0.1, -0.05) is 6.92 Å². The van der Waals surface area contributed by atoms with E-state index in [4.69, 9.17) is 0 Å². The summed E-state index contributed by atoms with van der Waals surface area (Å²) in [7, 11) is 0. The number of nitrogens with one attached hydrogen (secondary N) is 3. The fourth-order valence-electron chi connectivity index (χ4n) is 2.10. The first-order valence-corrected chi connectivity index (χ1v) is 7.58. The van der Waals surface area contributed by atoms with Crippen molar-refractivity contribution in [2.24, 2.45) is 0 Å². The predicted octanol–water partition coefficient (Wildman–Crippen LogP) is 1.01. The summed E-state index contributed by atoms with van der Waals surface area (Å²) in [5.74, 6) is 2.70. The van der Waals surface area contributed by atoms with E-state index in [9.17, 15) is 4.79 Å². The number of fused-ring (bicyclic) bond motifs is 1. The molecule has 6 heteroatoms. The molecule has 0 radical (unpaired) electrons. The highest BCUT2D eigenvalue weighted by Gasteiger charge is 2.25. The van der Waals surface area contributed by atoms with E-state index in [0.29, 0.717) is 11.6 Å². The average molecular weight is 268 g/mol. The van der Waals surface area contributed by atoms with Gasteiger partial charge in [0.15, 0.2) is 0 Å².